The number of Topliss-reactive ketones (excluding diaryl/α,β-unsaturated/α-hetero) is 1. The van der Waals surface area contributed by atoms with Crippen LogP contribution in [0.15, 0.2) is 59.1 Å². The maximum Gasteiger partial charge on any atom is 0.268 e. The van der Waals surface area contributed by atoms with Gasteiger partial charge < -0.3 is 4.90 Å². The van der Waals surface area contributed by atoms with Gasteiger partial charge in [-0.25, -0.2) is 20.8 Å². The summed E-state index contributed by atoms with van der Waals surface area (Å²) in [6.45, 7) is 3.47. The predicted molar refractivity (Wildman–Crippen MR) is 131 cm³/mol. The zero-order valence-electron chi connectivity index (χ0n) is 19.3. The molecule has 0 aliphatic heterocycles. The van der Waals surface area contributed by atoms with Gasteiger partial charge in [-0.05, 0) is 49.7 Å². The van der Waals surface area contributed by atoms with Crippen LogP contribution < -0.4 is 4.72 Å². The zero-order chi connectivity index (χ0) is 25.4. The number of carbonyl (C=O) groups excluding carboxylic acids is 1. The summed E-state index contributed by atoms with van der Waals surface area (Å²) in [6.07, 6.45) is 2.30. The first-order chi connectivity index (χ1) is 15.7. The SMILES string of the molecule is Cc1ccc(S(=O)(=O)n2c(C(=O)C(C#N)=CN(C)C)cc3cc(C)c(NS(C)(=O)=O)cc32)cc1. The van der Waals surface area contributed by atoms with E-state index in [9.17, 15) is 26.9 Å². The molecule has 3 aromatic rings. The van der Waals surface area contributed by atoms with Gasteiger partial charge in [0, 0.05) is 25.7 Å². The van der Waals surface area contributed by atoms with E-state index in [1.165, 1.54) is 35.4 Å². The Kier molecular flexibility index (Phi) is 6.59. The number of ketones is 1. The van der Waals surface area contributed by atoms with E-state index in [-0.39, 0.29) is 27.4 Å². The minimum atomic E-state index is -4.29. The van der Waals surface area contributed by atoms with Crippen LogP contribution >= 0.6 is 0 Å². The second kappa shape index (κ2) is 8.96. The van der Waals surface area contributed by atoms with Crippen LogP contribution in [0.5, 0.6) is 0 Å². The summed E-state index contributed by atoms with van der Waals surface area (Å²) in [5.41, 5.74) is 1.18. The van der Waals surface area contributed by atoms with Gasteiger partial charge in [-0.1, -0.05) is 17.7 Å². The lowest BCUT2D eigenvalue weighted by Crippen LogP contribution is -2.20. The lowest BCUT2D eigenvalue weighted by atomic mass is 10.1. The van der Waals surface area contributed by atoms with Crippen molar-refractivity contribution < 1.29 is 21.6 Å². The van der Waals surface area contributed by atoms with E-state index in [0.717, 1.165) is 15.8 Å². The Morgan fingerprint density at radius 2 is 1.68 bits per heavy atom. The average Bonchev–Trinajstić information content (AvgIpc) is 3.09. The second-order valence-electron chi connectivity index (χ2n) is 8.16. The number of allylic oxidation sites excluding steroid dienone is 1. The summed E-state index contributed by atoms with van der Waals surface area (Å²) >= 11 is 0. The molecule has 0 amide bonds. The van der Waals surface area contributed by atoms with E-state index >= 15 is 0 Å². The molecular weight excluding hydrogens is 476 g/mol. The molecule has 0 aliphatic carbocycles. The molecule has 1 aromatic heterocycles. The highest BCUT2D eigenvalue weighted by Crippen LogP contribution is 2.32. The van der Waals surface area contributed by atoms with Gasteiger partial charge in [-0.2, -0.15) is 5.26 Å². The normalized spacial score (nSPS) is 12.4. The smallest absolute Gasteiger partial charge is 0.268 e. The van der Waals surface area contributed by atoms with Gasteiger partial charge in [-0.15, -0.1) is 0 Å². The molecule has 1 N–H and O–H groups in total. The van der Waals surface area contributed by atoms with Crippen LogP contribution in [-0.4, -0.2) is 51.8 Å². The van der Waals surface area contributed by atoms with Gasteiger partial charge in [0.05, 0.1) is 22.4 Å². The molecule has 1 heterocycles. The summed E-state index contributed by atoms with van der Waals surface area (Å²) in [6, 6.07) is 12.3. The Hall–Kier alpha value is -3.62. The largest absolute Gasteiger partial charge is 0.382 e. The number of nitrogens with zero attached hydrogens (tertiary/aromatic N) is 3. The van der Waals surface area contributed by atoms with Crippen molar-refractivity contribution in [3.63, 3.8) is 0 Å². The Labute approximate surface area is 199 Å². The van der Waals surface area contributed by atoms with E-state index in [2.05, 4.69) is 4.72 Å². The Bertz CT molecular complexity index is 1570. The first-order valence-corrected chi connectivity index (χ1v) is 13.4. The van der Waals surface area contributed by atoms with Crippen molar-refractivity contribution in [1.29, 1.82) is 5.26 Å². The molecule has 11 heteroatoms. The highest BCUT2D eigenvalue weighted by atomic mass is 32.2. The fraction of sp³-hybridized carbons (Fsp3) is 0.217. The quantitative estimate of drug-likeness (QED) is 0.300. The highest BCUT2D eigenvalue weighted by Gasteiger charge is 2.29. The predicted octanol–water partition coefficient (Wildman–Crippen LogP) is 3.02. The number of benzene rings is 2. The fourth-order valence-corrected chi connectivity index (χ4v) is 5.54. The first kappa shape index (κ1) is 25.0. The number of carbonyl (C=O) groups is 1. The van der Waals surface area contributed by atoms with Crippen LogP contribution in [0.2, 0.25) is 0 Å². The number of anilines is 1. The van der Waals surface area contributed by atoms with Crippen LogP contribution in [-0.2, 0) is 20.0 Å². The summed E-state index contributed by atoms with van der Waals surface area (Å²) in [5.74, 6) is -0.779. The molecule has 9 nitrogen and oxygen atoms in total. The van der Waals surface area contributed by atoms with Crippen LogP contribution in [0.4, 0.5) is 5.69 Å². The third-order valence-electron chi connectivity index (χ3n) is 4.94. The van der Waals surface area contributed by atoms with Crippen molar-refractivity contribution in [2.75, 3.05) is 25.1 Å². The number of aromatic nitrogens is 1. The third-order valence-corrected chi connectivity index (χ3v) is 7.28. The Morgan fingerprint density at radius 1 is 1.06 bits per heavy atom. The average molecular weight is 501 g/mol. The van der Waals surface area contributed by atoms with Crippen molar-refractivity contribution in [3.8, 4) is 6.07 Å². The number of hydrogen-bond donors (Lipinski definition) is 1. The molecule has 0 fully saturated rings. The summed E-state index contributed by atoms with van der Waals surface area (Å²) in [5, 5.41) is 9.94. The number of sulfonamides is 1. The third kappa shape index (κ3) is 4.98. The van der Waals surface area contributed by atoms with Crippen LogP contribution in [0.25, 0.3) is 10.9 Å². The van der Waals surface area contributed by atoms with E-state index < -0.39 is 25.8 Å². The monoisotopic (exact) mass is 500 g/mol. The molecule has 34 heavy (non-hydrogen) atoms. The highest BCUT2D eigenvalue weighted by molar-refractivity contribution is 7.92. The Morgan fingerprint density at radius 3 is 2.21 bits per heavy atom. The molecule has 0 bridgehead atoms. The standard InChI is InChI=1S/C23H24N4O5S2/c1-15-6-8-19(9-7-15)34(31,32)27-21-12-20(25-33(5,29)30)16(2)10-17(21)11-22(27)23(28)18(13-24)14-26(3)4/h6-12,14,25H,1-5H3. The van der Waals surface area contributed by atoms with Crippen molar-refractivity contribution >= 4 is 42.4 Å². The Balaban J connectivity index is 2.41. The molecule has 178 valence electrons. The van der Waals surface area contributed by atoms with Gasteiger partial charge >= 0.3 is 0 Å². The van der Waals surface area contributed by atoms with Crippen LogP contribution in [0.3, 0.4) is 0 Å². The number of nitriles is 1. The van der Waals surface area contributed by atoms with Crippen LogP contribution in [0.1, 0.15) is 21.6 Å². The van der Waals surface area contributed by atoms with Crippen LogP contribution in [0, 0.1) is 25.2 Å². The number of aryl methyl sites for hydroxylation is 2. The van der Waals surface area contributed by atoms with Gasteiger partial charge in [-0.3, -0.25) is 9.52 Å². The summed E-state index contributed by atoms with van der Waals surface area (Å²) in [7, 11) is -4.67. The van der Waals surface area contributed by atoms with Crippen molar-refractivity contribution in [2.24, 2.45) is 0 Å². The molecule has 0 unspecified atom stereocenters. The number of fused-ring (bicyclic) bond motifs is 1. The molecular formula is C23H24N4O5S2. The second-order valence-corrected chi connectivity index (χ2v) is 11.7. The van der Waals surface area contributed by atoms with E-state index in [0.29, 0.717) is 10.9 Å². The lowest BCUT2D eigenvalue weighted by Gasteiger charge is -2.14. The first-order valence-electron chi connectivity index (χ1n) is 10.0. The van der Waals surface area contributed by atoms with Gasteiger partial charge in [0.2, 0.25) is 15.8 Å². The molecule has 0 aliphatic rings. The van der Waals surface area contributed by atoms with Gasteiger partial charge in [0.1, 0.15) is 17.3 Å². The topological polar surface area (TPSA) is 129 Å². The van der Waals surface area contributed by atoms with E-state index in [1.807, 2.05) is 13.0 Å². The van der Waals surface area contributed by atoms with Gasteiger partial charge in [0.15, 0.2) is 0 Å². The van der Waals surface area contributed by atoms with Gasteiger partial charge in [0.25, 0.3) is 10.0 Å². The van der Waals surface area contributed by atoms with Crippen molar-refractivity contribution in [3.05, 3.63) is 71.1 Å². The summed E-state index contributed by atoms with van der Waals surface area (Å²) in [4.78, 5) is 14.8. The molecule has 0 atom stereocenters. The number of nitrogens with one attached hydrogen (secondary N) is 1. The molecule has 0 saturated heterocycles. The maximum atomic E-state index is 13.7. The molecule has 3 rings (SSSR count). The molecule has 0 spiro atoms. The van der Waals surface area contributed by atoms with E-state index in [1.54, 1.807) is 39.2 Å². The van der Waals surface area contributed by atoms with E-state index in [4.69, 9.17) is 0 Å². The fourth-order valence-electron chi connectivity index (χ4n) is 3.42. The number of hydrogen-bond acceptors (Lipinski definition) is 7. The molecule has 2 aromatic carbocycles. The molecule has 0 saturated carbocycles. The summed E-state index contributed by atoms with van der Waals surface area (Å²) < 4.78 is 54.3. The zero-order valence-corrected chi connectivity index (χ0v) is 21.0. The van der Waals surface area contributed by atoms with Crippen molar-refractivity contribution in [2.45, 2.75) is 18.7 Å². The minimum absolute atomic E-state index is 0.0575. The number of rotatable bonds is 7. The van der Waals surface area contributed by atoms with Crippen molar-refractivity contribution in [1.82, 2.24) is 8.87 Å². The minimum Gasteiger partial charge on any atom is -0.382 e. The lowest BCUT2D eigenvalue weighted by molar-refractivity contribution is 0.103. The molecule has 0 radical (unpaired) electrons. The maximum absolute atomic E-state index is 13.7.